The number of nitrogens with zero attached hydrogens (tertiary/aromatic N) is 5. The molecule has 2 aromatic heterocycles. The first-order valence-electron chi connectivity index (χ1n) is 7.40. The molecule has 9 nitrogen and oxygen atoms in total. The van der Waals surface area contributed by atoms with Gasteiger partial charge < -0.3 is 5.32 Å². The topological polar surface area (TPSA) is 120 Å². The van der Waals surface area contributed by atoms with Gasteiger partial charge in [0.2, 0.25) is 0 Å². The number of amides is 1. The van der Waals surface area contributed by atoms with Crippen LogP contribution >= 0.6 is 11.6 Å². The van der Waals surface area contributed by atoms with Crippen LogP contribution in [-0.4, -0.2) is 45.3 Å². The van der Waals surface area contributed by atoms with Crippen LogP contribution in [0.4, 0.5) is 4.39 Å². The Bertz CT molecular complexity index is 1100. The largest absolute Gasteiger partial charge is 0.345 e. The summed E-state index contributed by atoms with van der Waals surface area (Å²) >= 11 is 5.90. The predicted molar refractivity (Wildman–Crippen MR) is 92.6 cm³/mol. The summed E-state index contributed by atoms with van der Waals surface area (Å²) in [5.74, 6) is -0.783. The molecule has 2 heterocycles. The normalized spacial score (nSPS) is 11.4. The second-order valence-electron chi connectivity index (χ2n) is 5.42. The van der Waals surface area contributed by atoms with Crippen molar-refractivity contribution >= 4 is 27.3 Å². The molecule has 0 unspecified atom stereocenters. The monoisotopic (exact) mass is 410 g/mol. The fourth-order valence-corrected chi connectivity index (χ4v) is 3.12. The van der Waals surface area contributed by atoms with Crippen LogP contribution in [0.5, 0.6) is 0 Å². The molecule has 27 heavy (non-hydrogen) atoms. The van der Waals surface area contributed by atoms with E-state index in [1.807, 2.05) is 0 Å². The van der Waals surface area contributed by atoms with Crippen LogP contribution in [0.2, 0.25) is 5.02 Å². The lowest BCUT2D eigenvalue weighted by Crippen LogP contribution is -2.25. The third-order valence-electron chi connectivity index (χ3n) is 3.38. The molecule has 0 bridgehead atoms. The summed E-state index contributed by atoms with van der Waals surface area (Å²) in [6, 6.07) is 3.83. The van der Waals surface area contributed by atoms with E-state index in [4.69, 9.17) is 11.6 Å². The maximum absolute atomic E-state index is 12.9. The highest BCUT2D eigenvalue weighted by Crippen LogP contribution is 2.19. The summed E-state index contributed by atoms with van der Waals surface area (Å²) in [6.45, 7) is -0.0553. The highest BCUT2D eigenvalue weighted by atomic mass is 35.5. The van der Waals surface area contributed by atoms with E-state index in [-0.39, 0.29) is 28.0 Å². The summed E-state index contributed by atoms with van der Waals surface area (Å²) in [4.78, 5) is 23.9. The van der Waals surface area contributed by atoms with Gasteiger partial charge in [-0.2, -0.15) is 9.78 Å². The van der Waals surface area contributed by atoms with Crippen LogP contribution in [0.15, 0.2) is 41.8 Å². The Balaban J connectivity index is 1.79. The minimum Gasteiger partial charge on any atom is -0.345 e. The molecule has 1 amide bonds. The van der Waals surface area contributed by atoms with E-state index in [0.29, 0.717) is 5.82 Å². The summed E-state index contributed by atoms with van der Waals surface area (Å²) in [5.41, 5.74) is 0.0759. The number of sulfone groups is 1. The number of nitrogens with one attached hydrogen (secondary N) is 1. The molecular weight excluding hydrogens is 399 g/mol. The van der Waals surface area contributed by atoms with E-state index in [1.54, 1.807) is 0 Å². The fraction of sp³-hybridized carbons (Fsp3) is 0.133. The molecule has 0 spiro atoms. The molecule has 3 rings (SSSR count). The second kappa shape index (κ2) is 7.37. The van der Waals surface area contributed by atoms with Crippen molar-refractivity contribution in [1.29, 1.82) is 0 Å². The number of hydrogen-bond acceptors (Lipinski definition) is 7. The Morgan fingerprint density at radius 1 is 1.22 bits per heavy atom. The number of carbonyl (C=O) groups excluding carboxylic acids is 1. The molecule has 0 aliphatic carbocycles. The van der Waals surface area contributed by atoms with E-state index >= 15 is 0 Å². The molecule has 1 aromatic carbocycles. The first-order valence-corrected chi connectivity index (χ1v) is 9.66. The molecule has 0 saturated carbocycles. The summed E-state index contributed by atoms with van der Waals surface area (Å²) in [5, 5.41) is 6.63. The number of benzene rings is 1. The smallest absolute Gasteiger partial charge is 0.252 e. The molecular formula is C15H12ClFN6O3S. The van der Waals surface area contributed by atoms with Crippen LogP contribution in [0.3, 0.4) is 0 Å². The average Bonchev–Trinajstić information content (AvgIpc) is 3.07. The maximum Gasteiger partial charge on any atom is 0.252 e. The Hall–Kier alpha value is -2.92. The number of aromatic nitrogens is 5. The Morgan fingerprint density at radius 2 is 1.93 bits per heavy atom. The first kappa shape index (κ1) is 18.9. The van der Waals surface area contributed by atoms with E-state index in [0.717, 1.165) is 18.6 Å². The molecule has 0 atom stereocenters. The first-order chi connectivity index (χ1) is 12.7. The third-order valence-corrected chi connectivity index (χ3v) is 4.69. The molecule has 1 N–H and O–H groups in total. The van der Waals surface area contributed by atoms with Gasteiger partial charge in [-0.25, -0.2) is 27.8 Å². The van der Waals surface area contributed by atoms with Crippen molar-refractivity contribution in [2.75, 3.05) is 6.26 Å². The van der Waals surface area contributed by atoms with Crippen LogP contribution in [0.25, 0.3) is 5.95 Å². The van der Waals surface area contributed by atoms with Gasteiger partial charge in [-0.1, -0.05) is 11.6 Å². The number of hydrogen-bond donors (Lipinski definition) is 1. The lowest BCUT2D eigenvalue weighted by molar-refractivity contribution is 0.0949. The molecule has 3 aromatic rings. The lowest BCUT2D eigenvalue weighted by Gasteiger charge is -2.08. The van der Waals surface area contributed by atoms with Gasteiger partial charge in [0.1, 0.15) is 6.33 Å². The zero-order valence-electron chi connectivity index (χ0n) is 13.8. The lowest BCUT2D eigenvalue weighted by atomic mass is 10.2. The highest BCUT2D eigenvalue weighted by molar-refractivity contribution is 7.90. The van der Waals surface area contributed by atoms with Crippen LogP contribution in [-0.2, 0) is 16.4 Å². The van der Waals surface area contributed by atoms with Gasteiger partial charge >= 0.3 is 0 Å². The van der Waals surface area contributed by atoms with Crippen molar-refractivity contribution in [3.05, 3.63) is 59.1 Å². The van der Waals surface area contributed by atoms with Crippen LogP contribution in [0, 0.1) is 5.82 Å². The van der Waals surface area contributed by atoms with E-state index in [1.165, 1.54) is 29.2 Å². The minimum atomic E-state index is -3.52. The van der Waals surface area contributed by atoms with Gasteiger partial charge in [0.05, 0.1) is 23.8 Å². The Labute approximate surface area is 158 Å². The summed E-state index contributed by atoms with van der Waals surface area (Å²) < 4.78 is 37.5. The van der Waals surface area contributed by atoms with Gasteiger partial charge in [-0.15, -0.1) is 0 Å². The van der Waals surface area contributed by atoms with Crippen molar-refractivity contribution in [3.8, 4) is 5.95 Å². The Morgan fingerprint density at radius 3 is 2.59 bits per heavy atom. The van der Waals surface area contributed by atoms with E-state index in [2.05, 4.69) is 25.4 Å². The van der Waals surface area contributed by atoms with Gasteiger partial charge in [0, 0.05) is 16.8 Å². The van der Waals surface area contributed by atoms with Crippen LogP contribution < -0.4 is 5.32 Å². The molecule has 12 heteroatoms. The summed E-state index contributed by atoms with van der Waals surface area (Å²) in [6.07, 6.45) is 4.21. The van der Waals surface area contributed by atoms with Crippen molar-refractivity contribution in [1.82, 2.24) is 30.0 Å². The number of rotatable bonds is 5. The predicted octanol–water partition coefficient (Wildman–Crippen LogP) is 1.18. The molecule has 0 radical (unpaired) electrons. The quantitative estimate of drug-likeness (QED) is 0.670. The molecule has 0 aliphatic rings. The zero-order valence-corrected chi connectivity index (χ0v) is 15.4. The van der Waals surface area contributed by atoms with Crippen molar-refractivity contribution in [3.63, 3.8) is 0 Å². The van der Waals surface area contributed by atoms with E-state index in [9.17, 15) is 17.6 Å². The molecule has 0 saturated heterocycles. The van der Waals surface area contributed by atoms with E-state index < -0.39 is 21.6 Å². The fourth-order valence-electron chi connectivity index (χ4n) is 2.14. The number of halogens is 2. The molecule has 140 valence electrons. The standard InChI is InChI=1S/C15H12ClFN6O3S/c1-27(25,26)12-3-9(2-10(16)4-12)14(24)18-7-13-21-8-22-23(13)15-19-5-11(17)6-20-15/h2-6,8H,7H2,1H3,(H,18,24). The zero-order chi connectivity index (χ0) is 19.6. The average molecular weight is 411 g/mol. The van der Waals surface area contributed by atoms with Crippen molar-refractivity contribution in [2.24, 2.45) is 0 Å². The van der Waals surface area contributed by atoms with Crippen LogP contribution in [0.1, 0.15) is 16.2 Å². The van der Waals surface area contributed by atoms with Gasteiger partial charge in [0.15, 0.2) is 21.5 Å². The molecule has 0 fully saturated rings. The highest BCUT2D eigenvalue weighted by Gasteiger charge is 2.15. The minimum absolute atomic E-state index is 0.0553. The van der Waals surface area contributed by atoms with Gasteiger partial charge in [0.25, 0.3) is 11.9 Å². The SMILES string of the molecule is CS(=O)(=O)c1cc(Cl)cc(C(=O)NCc2ncnn2-c2ncc(F)cn2)c1. The maximum atomic E-state index is 12.9. The Kier molecular flexibility index (Phi) is 5.15. The van der Waals surface area contributed by atoms with Crippen molar-refractivity contribution < 1.29 is 17.6 Å². The number of carbonyl (C=O) groups is 1. The third kappa shape index (κ3) is 4.44. The van der Waals surface area contributed by atoms with Gasteiger partial charge in [-0.3, -0.25) is 4.79 Å². The summed E-state index contributed by atoms with van der Waals surface area (Å²) in [7, 11) is -3.52. The second-order valence-corrected chi connectivity index (χ2v) is 7.87. The molecule has 0 aliphatic heterocycles. The van der Waals surface area contributed by atoms with Gasteiger partial charge in [-0.05, 0) is 18.2 Å². The van der Waals surface area contributed by atoms with Crippen molar-refractivity contribution in [2.45, 2.75) is 11.4 Å².